The van der Waals surface area contributed by atoms with Crippen LogP contribution >= 0.6 is 0 Å². The van der Waals surface area contributed by atoms with Crippen molar-refractivity contribution >= 4 is 17.5 Å². The molecule has 0 aliphatic carbocycles. The number of aryl methyl sites for hydroxylation is 1. The van der Waals surface area contributed by atoms with E-state index in [9.17, 15) is 0 Å². The van der Waals surface area contributed by atoms with Gasteiger partial charge in [0.25, 0.3) is 0 Å². The molecule has 0 unspecified atom stereocenters. The molecule has 3 rings (SSSR count). The summed E-state index contributed by atoms with van der Waals surface area (Å²) in [4.78, 5) is 0. The fourth-order valence-electron chi connectivity index (χ4n) is 2.87. The molecule has 0 fully saturated rings. The molecule has 0 N–H and O–H groups in total. The van der Waals surface area contributed by atoms with Crippen LogP contribution in [0.1, 0.15) is 16.7 Å². The topological polar surface area (TPSA) is 0 Å². The van der Waals surface area contributed by atoms with Crippen molar-refractivity contribution in [3.8, 4) is 0 Å². The Morgan fingerprint density at radius 1 is 1.00 bits per heavy atom. The van der Waals surface area contributed by atoms with Crippen molar-refractivity contribution in [2.24, 2.45) is 0 Å². The predicted octanol–water partition coefficient (Wildman–Crippen LogP) is 3.45. The molecule has 0 aromatic heterocycles. The fourth-order valence-corrected chi connectivity index (χ4v) is 2.87. The summed E-state index contributed by atoms with van der Waals surface area (Å²) in [6.07, 6.45) is 2.49. The molecule has 0 nitrogen and oxygen atoms in total. The Hall–Kier alpha value is -1.24. The van der Waals surface area contributed by atoms with E-state index < -0.39 is 0 Å². The molecular weight excluding hydrogens is 179 g/mol. The lowest BCUT2D eigenvalue weighted by Gasteiger charge is -2.21. The Morgan fingerprint density at radius 2 is 1.73 bits per heavy atom. The van der Waals surface area contributed by atoms with Gasteiger partial charge in [-0.3, -0.25) is 0 Å². The monoisotopic (exact) mass is 194 g/mol. The summed E-state index contributed by atoms with van der Waals surface area (Å²) in [5.74, 6) is 0. The molecule has 0 atom stereocenters. The van der Waals surface area contributed by atoms with Crippen molar-refractivity contribution in [2.45, 2.75) is 26.4 Å². The smallest absolute Gasteiger partial charge is 0.0855 e. The first-order valence-corrected chi connectivity index (χ1v) is 5.76. The molecule has 1 heteroatoms. The molecule has 1 aliphatic heterocycles. The summed E-state index contributed by atoms with van der Waals surface area (Å²) in [6, 6.07) is 11.3. The molecule has 15 heavy (non-hydrogen) atoms. The van der Waals surface area contributed by atoms with E-state index in [0.29, 0.717) is 0 Å². The van der Waals surface area contributed by atoms with Crippen LogP contribution in [0.2, 0.25) is 6.82 Å². The lowest BCUT2D eigenvalue weighted by molar-refractivity contribution is 1.24. The van der Waals surface area contributed by atoms with Gasteiger partial charge in [0.2, 0.25) is 0 Å². The number of rotatable bonds is 0. The van der Waals surface area contributed by atoms with Gasteiger partial charge in [-0.2, -0.15) is 0 Å². The van der Waals surface area contributed by atoms with Crippen LogP contribution in [0, 0.1) is 6.92 Å². The van der Waals surface area contributed by atoms with Gasteiger partial charge in [-0.1, -0.05) is 37.2 Å². The lowest BCUT2D eigenvalue weighted by Crippen LogP contribution is -2.21. The minimum atomic E-state index is 0.797. The molecule has 0 saturated heterocycles. The third kappa shape index (κ3) is 1.30. The Bertz CT molecular complexity index is 516. The van der Waals surface area contributed by atoms with E-state index in [0.717, 1.165) is 6.71 Å². The summed E-state index contributed by atoms with van der Waals surface area (Å²) in [5.41, 5.74) is 4.50. The SMILES string of the molecule is CB1Cc2cccc3c(C)ccc(c23)C1. The summed E-state index contributed by atoms with van der Waals surface area (Å²) in [7, 11) is 0. The molecule has 0 spiro atoms. The van der Waals surface area contributed by atoms with Crippen molar-refractivity contribution in [1.82, 2.24) is 0 Å². The van der Waals surface area contributed by atoms with Gasteiger partial charge in [0.05, 0.1) is 0 Å². The predicted molar refractivity (Wildman–Crippen MR) is 67.7 cm³/mol. The van der Waals surface area contributed by atoms with Crippen LogP contribution in [0.4, 0.5) is 0 Å². The highest BCUT2D eigenvalue weighted by atomic mass is 14.1. The molecule has 1 aliphatic rings. The maximum absolute atomic E-state index is 2.35. The average Bonchev–Trinajstić information content (AvgIpc) is 2.23. The second-order valence-corrected chi connectivity index (χ2v) is 4.89. The Balaban J connectivity index is 2.42. The highest BCUT2D eigenvalue weighted by Gasteiger charge is 2.19. The zero-order valence-electron chi connectivity index (χ0n) is 9.38. The lowest BCUT2D eigenvalue weighted by atomic mass is 9.42. The van der Waals surface area contributed by atoms with Crippen LogP contribution in [0.25, 0.3) is 10.8 Å². The molecule has 0 amide bonds. The molecular formula is C14H15B. The Kier molecular flexibility index (Phi) is 1.88. The maximum Gasteiger partial charge on any atom is 0.146 e. The largest absolute Gasteiger partial charge is 0.146 e. The van der Waals surface area contributed by atoms with Gasteiger partial charge in [-0.05, 0) is 47.0 Å². The normalized spacial score (nSPS) is 14.7. The van der Waals surface area contributed by atoms with Crippen molar-refractivity contribution in [2.75, 3.05) is 0 Å². The standard InChI is InChI=1S/C14H15B/c1-10-6-7-12-9-15(2)8-11-4-3-5-13(10)14(11)12/h3-7H,8-9H2,1-2H3. The summed E-state index contributed by atoms with van der Waals surface area (Å²) < 4.78 is 0. The van der Waals surface area contributed by atoms with Gasteiger partial charge in [-0.15, -0.1) is 0 Å². The van der Waals surface area contributed by atoms with Crippen molar-refractivity contribution in [3.63, 3.8) is 0 Å². The Labute approximate surface area is 91.4 Å². The molecule has 74 valence electrons. The van der Waals surface area contributed by atoms with E-state index in [2.05, 4.69) is 44.1 Å². The third-order valence-corrected chi connectivity index (χ3v) is 3.57. The quantitative estimate of drug-likeness (QED) is 0.563. The highest BCUT2D eigenvalue weighted by molar-refractivity contribution is 6.57. The average molecular weight is 194 g/mol. The van der Waals surface area contributed by atoms with Crippen molar-refractivity contribution < 1.29 is 0 Å². The third-order valence-electron chi connectivity index (χ3n) is 3.57. The zero-order valence-corrected chi connectivity index (χ0v) is 9.38. The fraction of sp³-hybridized carbons (Fsp3) is 0.286. The summed E-state index contributed by atoms with van der Waals surface area (Å²) in [5, 5.41) is 2.99. The molecule has 1 heterocycles. The van der Waals surface area contributed by atoms with Gasteiger partial charge >= 0.3 is 0 Å². The van der Waals surface area contributed by atoms with Gasteiger partial charge in [-0.25, -0.2) is 0 Å². The van der Waals surface area contributed by atoms with Crippen LogP contribution in [-0.4, -0.2) is 6.71 Å². The number of hydrogen-bond acceptors (Lipinski definition) is 0. The summed E-state index contributed by atoms with van der Waals surface area (Å²) in [6.45, 7) is 5.36. The second-order valence-electron chi connectivity index (χ2n) is 4.89. The molecule has 0 radical (unpaired) electrons. The van der Waals surface area contributed by atoms with Gasteiger partial charge in [0.1, 0.15) is 6.71 Å². The summed E-state index contributed by atoms with van der Waals surface area (Å²) >= 11 is 0. The van der Waals surface area contributed by atoms with Crippen LogP contribution in [0.3, 0.4) is 0 Å². The maximum atomic E-state index is 2.35. The molecule has 2 aromatic carbocycles. The van der Waals surface area contributed by atoms with E-state index in [4.69, 9.17) is 0 Å². The van der Waals surface area contributed by atoms with Gasteiger partial charge in [0.15, 0.2) is 0 Å². The first-order chi connectivity index (χ1) is 7.25. The van der Waals surface area contributed by atoms with E-state index in [1.54, 1.807) is 11.1 Å². The number of hydrogen-bond donors (Lipinski definition) is 0. The highest BCUT2D eigenvalue weighted by Crippen LogP contribution is 2.31. The van der Waals surface area contributed by atoms with E-state index in [1.165, 1.54) is 29.0 Å². The first kappa shape index (κ1) is 9.02. The zero-order chi connectivity index (χ0) is 10.4. The van der Waals surface area contributed by atoms with Crippen molar-refractivity contribution in [1.29, 1.82) is 0 Å². The number of benzene rings is 2. The molecule has 0 saturated carbocycles. The minimum absolute atomic E-state index is 0.797. The second kappa shape index (κ2) is 3.13. The van der Waals surface area contributed by atoms with E-state index in [1.807, 2.05) is 0 Å². The van der Waals surface area contributed by atoms with Crippen LogP contribution in [0.15, 0.2) is 30.3 Å². The van der Waals surface area contributed by atoms with Crippen molar-refractivity contribution in [3.05, 3.63) is 47.0 Å². The Morgan fingerprint density at radius 3 is 2.53 bits per heavy atom. The minimum Gasteiger partial charge on any atom is -0.0855 e. The van der Waals surface area contributed by atoms with Gasteiger partial charge in [0, 0.05) is 0 Å². The van der Waals surface area contributed by atoms with E-state index in [-0.39, 0.29) is 0 Å². The first-order valence-electron chi connectivity index (χ1n) is 5.76. The van der Waals surface area contributed by atoms with Crippen LogP contribution in [0.5, 0.6) is 0 Å². The van der Waals surface area contributed by atoms with Crippen LogP contribution < -0.4 is 0 Å². The van der Waals surface area contributed by atoms with Crippen LogP contribution in [-0.2, 0) is 12.6 Å². The molecule has 0 bridgehead atoms. The van der Waals surface area contributed by atoms with E-state index >= 15 is 0 Å². The van der Waals surface area contributed by atoms with Gasteiger partial charge < -0.3 is 0 Å². The molecule has 2 aromatic rings.